The Balaban J connectivity index is 0.000000315. The highest BCUT2D eigenvalue weighted by Crippen LogP contribution is 1.96. The molecule has 0 atom stereocenters. The summed E-state index contributed by atoms with van der Waals surface area (Å²) >= 11 is 0. The molecule has 2 rings (SSSR count). The summed E-state index contributed by atoms with van der Waals surface area (Å²) in [7, 11) is -3.66. The van der Waals surface area contributed by atoms with Gasteiger partial charge in [0.1, 0.15) is 5.69 Å². The number of nitrogens with one attached hydrogen (secondary N) is 1. The molecule has 1 aromatic rings. The van der Waals surface area contributed by atoms with E-state index in [4.69, 9.17) is 9.29 Å². The minimum atomic E-state index is -3.66. The predicted octanol–water partition coefficient (Wildman–Crippen LogP) is -0.0473. The lowest BCUT2D eigenvalue weighted by atomic mass is 10.3. The van der Waals surface area contributed by atoms with Gasteiger partial charge in [0.15, 0.2) is 0 Å². The first-order chi connectivity index (χ1) is 9.92. The molecule has 0 unspecified atom stereocenters. The van der Waals surface area contributed by atoms with Crippen LogP contribution < -0.4 is 5.43 Å². The van der Waals surface area contributed by atoms with Crippen LogP contribution in [0.5, 0.6) is 0 Å². The molecule has 1 amide bonds. The monoisotopic (exact) mass is 317 g/mol. The lowest BCUT2D eigenvalue weighted by Crippen LogP contribution is -2.48. The molecule has 0 aromatic carbocycles. The molecule has 0 radical (unpaired) electrons. The third-order valence-corrected chi connectivity index (χ3v) is 3.26. The van der Waals surface area contributed by atoms with E-state index in [0.29, 0.717) is 18.9 Å². The molecule has 0 spiro atoms. The molecule has 21 heavy (non-hydrogen) atoms. The van der Waals surface area contributed by atoms with Crippen molar-refractivity contribution in [1.82, 2.24) is 15.4 Å². The normalized spacial score (nSPS) is 15.7. The van der Waals surface area contributed by atoms with Crippen LogP contribution in [0.25, 0.3) is 0 Å². The van der Waals surface area contributed by atoms with Crippen molar-refractivity contribution in [3.63, 3.8) is 0 Å². The summed E-state index contributed by atoms with van der Waals surface area (Å²) in [5.74, 6) is -0.370. The Kier molecular flexibility index (Phi) is 7.23. The largest absolute Gasteiger partial charge is 0.379 e. The number of pyridine rings is 1. The van der Waals surface area contributed by atoms with Crippen LogP contribution >= 0.6 is 0 Å². The number of hydrazine groups is 1. The fourth-order valence-electron chi connectivity index (χ4n) is 1.37. The summed E-state index contributed by atoms with van der Waals surface area (Å²) in [6.07, 6.45) is 1.61. The van der Waals surface area contributed by atoms with Gasteiger partial charge >= 0.3 is 0 Å². The molecule has 9 heteroatoms. The van der Waals surface area contributed by atoms with E-state index in [1.165, 1.54) is 6.92 Å². The minimum Gasteiger partial charge on any atom is -0.379 e. The molecular weight excluding hydrogens is 298 g/mol. The first-order valence-corrected chi connectivity index (χ1v) is 8.03. The number of morpholine rings is 1. The van der Waals surface area contributed by atoms with Gasteiger partial charge in [0.25, 0.3) is 16.0 Å². The van der Waals surface area contributed by atoms with Crippen LogP contribution in [0.15, 0.2) is 24.4 Å². The first-order valence-electron chi connectivity index (χ1n) is 6.42. The zero-order valence-electron chi connectivity index (χ0n) is 11.7. The highest BCUT2D eigenvalue weighted by atomic mass is 32.2. The quantitative estimate of drug-likeness (QED) is 0.752. The second kappa shape index (κ2) is 8.67. The number of hydrogen-bond acceptors (Lipinski definition) is 6. The Labute approximate surface area is 123 Å². The van der Waals surface area contributed by atoms with Gasteiger partial charge in [-0.1, -0.05) is 6.07 Å². The van der Waals surface area contributed by atoms with Gasteiger partial charge in [-0.15, -0.1) is 0 Å². The molecule has 118 valence electrons. The second-order valence-electron chi connectivity index (χ2n) is 4.13. The van der Waals surface area contributed by atoms with Crippen LogP contribution in [0.3, 0.4) is 0 Å². The zero-order valence-corrected chi connectivity index (χ0v) is 12.5. The molecule has 1 fully saturated rings. The highest BCUT2D eigenvalue weighted by Gasteiger charge is 2.14. The van der Waals surface area contributed by atoms with E-state index in [1.54, 1.807) is 24.4 Å². The van der Waals surface area contributed by atoms with Crippen molar-refractivity contribution in [3.8, 4) is 0 Å². The van der Waals surface area contributed by atoms with E-state index in [-0.39, 0.29) is 11.7 Å². The minimum absolute atomic E-state index is 0.169. The van der Waals surface area contributed by atoms with Gasteiger partial charge in [-0.05, 0) is 19.1 Å². The Morgan fingerprint density at radius 2 is 2.05 bits per heavy atom. The average molecular weight is 317 g/mol. The van der Waals surface area contributed by atoms with Gasteiger partial charge in [0.05, 0.1) is 19.0 Å². The molecule has 1 aromatic heterocycles. The highest BCUT2D eigenvalue weighted by molar-refractivity contribution is 7.85. The van der Waals surface area contributed by atoms with E-state index in [0.717, 1.165) is 13.1 Å². The van der Waals surface area contributed by atoms with Crippen LogP contribution in [0.4, 0.5) is 0 Å². The van der Waals surface area contributed by atoms with Gasteiger partial charge in [-0.2, -0.15) is 8.42 Å². The van der Waals surface area contributed by atoms with Crippen LogP contribution in [0.2, 0.25) is 0 Å². The van der Waals surface area contributed by atoms with Crippen LogP contribution in [-0.2, 0) is 14.9 Å². The Bertz CT molecular complexity index is 529. The third kappa shape index (κ3) is 7.71. The van der Waals surface area contributed by atoms with Crippen molar-refractivity contribution in [1.29, 1.82) is 0 Å². The summed E-state index contributed by atoms with van der Waals surface area (Å²) in [5.41, 5.74) is 3.22. The number of rotatable bonds is 3. The Hall–Kier alpha value is -1.55. The number of carbonyl (C=O) groups is 1. The number of ether oxygens (including phenoxy) is 1. The second-order valence-corrected chi connectivity index (χ2v) is 5.87. The molecular formula is C12H19N3O5S. The number of nitrogens with zero attached hydrogens (tertiary/aromatic N) is 2. The van der Waals surface area contributed by atoms with Crippen LogP contribution in [0, 0.1) is 0 Å². The van der Waals surface area contributed by atoms with Crippen LogP contribution in [0.1, 0.15) is 17.4 Å². The van der Waals surface area contributed by atoms with Crippen molar-refractivity contribution >= 4 is 16.0 Å². The standard InChI is InChI=1S/C10H13N3O2.C2H6O3S/c14-10(9-3-1-2-4-11-9)12-13-5-7-15-8-6-13;1-2-6(3,4)5/h1-4H,5-8H2,(H,12,14);2H2,1H3,(H,3,4,5). The summed E-state index contributed by atoms with van der Waals surface area (Å²) in [4.78, 5) is 15.6. The lowest BCUT2D eigenvalue weighted by Gasteiger charge is -2.26. The first kappa shape index (κ1) is 17.5. The molecule has 0 saturated carbocycles. The maximum Gasteiger partial charge on any atom is 0.284 e. The summed E-state index contributed by atoms with van der Waals surface area (Å²) < 4.78 is 32.1. The smallest absolute Gasteiger partial charge is 0.284 e. The molecule has 2 N–H and O–H groups in total. The van der Waals surface area contributed by atoms with Crippen molar-refractivity contribution in [2.24, 2.45) is 0 Å². The fourth-order valence-corrected chi connectivity index (χ4v) is 1.37. The summed E-state index contributed by atoms with van der Waals surface area (Å²) in [5, 5.41) is 1.85. The number of amides is 1. The molecule has 1 aliphatic heterocycles. The van der Waals surface area contributed by atoms with Gasteiger partial charge in [-0.25, -0.2) is 5.01 Å². The molecule has 0 aliphatic carbocycles. The predicted molar refractivity (Wildman–Crippen MR) is 76.2 cm³/mol. The SMILES string of the molecule is CCS(=O)(=O)O.O=C(NN1CCOCC1)c1ccccn1. The number of hydrogen-bond donors (Lipinski definition) is 2. The number of carbonyl (C=O) groups excluding carboxylic acids is 1. The molecule has 1 saturated heterocycles. The molecule has 1 aliphatic rings. The topological polar surface area (TPSA) is 109 Å². The van der Waals surface area contributed by atoms with Crippen molar-refractivity contribution in [3.05, 3.63) is 30.1 Å². The zero-order chi connectivity index (χ0) is 15.7. The van der Waals surface area contributed by atoms with E-state index in [1.807, 2.05) is 5.01 Å². The molecule has 8 nitrogen and oxygen atoms in total. The maximum atomic E-state index is 11.7. The van der Waals surface area contributed by atoms with Crippen LogP contribution in [-0.4, -0.2) is 60.9 Å². The Morgan fingerprint density at radius 3 is 2.52 bits per heavy atom. The fraction of sp³-hybridized carbons (Fsp3) is 0.500. The van der Waals surface area contributed by atoms with Gasteiger partial charge in [-0.3, -0.25) is 19.8 Å². The van der Waals surface area contributed by atoms with Gasteiger partial charge < -0.3 is 4.74 Å². The van der Waals surface area contributed by atoms with E-state index >= 15 is 0 Å². The third-order valence-electron chi connectivity index (χ3n) is 2.53. The van der Waals surface area contributed by atoms with Gasteiger partial charge in [0, 0.05) is 19.3 Å². The average Bonchev–Trinajstić information content (AvgIpc) is 2.49. The summed E-state index contributed by atoms with van der Waals surface area (Å²) in [6.45, 7) is 4.12. The van der Waals surface area contributed by atoms with Crippen molar-refractivity contribution < 1.29 is 22.5 Å². The Morgan fingerprint density at radius 1 is 1.43 bits per heavy atom. The molecule has 0 bridgehead atoms. The van der Waals surface area contributed by atoms with E-state index in [9.17, 15) is 13.2 Å². The molecule has 2 heterocycles. The van der Waals surface area contributed by atoms with E-state index < -0.39 is 10.1 Å². The van der Waals surface area contributed by atoms with Crippen molar-refractivity contribution in [2.45, 2.75) is 6.92 Å². The van der Waals surface area contributed by atoms with E-state index in [2.05, 4.69) is 10.4 Å². The number of aromatic nitrogens is 1. The van der Waals surface area contributed by atoms with Gasteiger partial charge in [0.2, 0.25) is 0 Å². The lowest BCUT2D eigenvalue weighted by molar-refractivity contribution is 0.0124. The maximum absolute atomic E-state index is 11.7. The summed E-state index contributed by atoms with van der Waals surface area (Å²) in [6, 6.07) is 5.27. The van der Waals surface area contributed by atoms with Crippen molar-refractivity contribution in [2.75, 3.05) is 32.1 Å².